The molecule has 0 aromatic carbocycles. The van der Waals surface area contributed by atoms with Gasteiger partial charge in [0, 0.05) is 12.6 Å². The van der Waals surface area contributed by atoms with E-state index in [-0.39, 0.29) is 18.6 Å². The Labute approximate surface area is 90.2 Å². The van der Waals surface area contributed by atoms with Gasteiger partial charge < -0.3 is 15.7 Å². The fourth-order valence-corrected chi connectivity index (χ4v) is 1.11. The lowest BCUT2D eigenvalue weighted by Crippen LogP contribution is -2.43. The average molecular weight is 216 g/mol. The predicted octanol–water partition coefficient (Wildman–Crippen LogP) is 1.19. The molecule has 0 aliphatic heterocycles. The lowest BCUT2D eigenvalue weighted by molar-refractivity contribution is -0.140. The van der Waals surface area contributed by atoms with Crippen LogP contribution in [0.4, 0.5) is 4.79 Å². The highest BCUT2D eigenvalue weighted by atomic mass is 16.4. The molecule has 0 aromatic heterocycles. The second kappa shape index (κ2) is 7.09. The van der Waals surface area contributed by atoms with E-state index in [9.17, 15) is 9.59 Å². The third-order valence-corrected chi connectivity index (χ3v) is 2.09. The number of rotatable bonds is 6. The minimum Gasteiger partial charge on any atom is -0.481 e. The number of carboxylic acid groups (broad SMARTS) is 1. The first-order valence-electron chi connectivity index (χ1n) is 5.24. The summed E-state index contributed by atoms with van der Waals surface area (Å²) < 4.78 is 0. The highest BCUT2D eigenvalue weighted by Gasteiger charge is 2.12. The van der Waals surface area contributed by atoms with Crippen molar-refractivity contribution in [1.82, 2.24) is 10.6 Å². The maximum Gasteiger partial charge on any atom is 0.315 e. The van der Waals surface area contributed by atoms with Crippen molar-refractivity contribution in [2.75, 3.05) is 6.54 Å². The Morgan fingerprint density at radius 2 is 1.93 bits per heavy atom. The van der Waals surface area contributed by atoms with Crippen LogP contribution >= 0.6 is 0 Å². The number of hydrogen-bond acceptors (Lipinski definition) is 2. The summed E-state index contributed by atoms with van der Waals surface area (Å²) in [5.41, 5.74) is 0. The molecule has 0 rings (SSSR count). The van der Waals surface area contributed by atoms with Crippen molar-refractivity contribution in [3.63, 3.8) is 0 Å². The quantitative estimate of drug-likeness (QED) is 0.624. The second-order valence-electron chi connectivity index (χ2n) is 3.78. The van der Waals surface area contributed by atoms with E-state index >= 15 is 0 Å². The smallest absolute Gasteiger partial charge is 0.315 e. The summed E-state index contributed by atoms with van der Waals surface area (Å²) in [7, 11) is 0. The van der Waals surface area contributed by atoms with Crippen LogP contribution in [-0.4, -0.2) is 29.7 Å². The molecule has 3 N–H and O–H groups in total. The highest BCUT2D eigenvalue weighted by molar-refractivity contribution is 5.75. The Balaban J connectivity index is 3.70. The molecule has 15 heavy (non-hydrogen) atoms. The van der Waals surface area contributed by atoms with Gasteiger partial charge in [0.15, 0.2) is 0 Å². The third kappa shape index (κ3) is 6.76. The standard InChI is InChI=1S/C10H20N2O3/c1-4-5-8(3)12-10(15)11-6-7(2)9(13)14/h7-8H,4-6H2,1-3H3,(H,13,14)(H2,11,12,15). The summed E-state index contributed by atoms with van der Waals surface area (Å²) in [6, 6.07) is -0.181. The molecule has 0 saturated heterocycles. The number of urea groups is 1. The fourth-order valence-electron chi connectivity index (χ4n) is 1.11. The monoisotopic (exact) mass is 216 g/mol. The third-order valence-electron chi connectivity index (χ3n) is 2.09. The van der Waals surface area contributed by atoms with Crippen LogP contribution in [0, 0.1) is 5.92 Å². The number of amides is 2. The molecule has 2 atom stereocenters. The van der Waals surface area contributed by atoms with E-state index in [4.69, 9.17) is 5.11 Å². The molecule has 0 aromatic rings. The van der Waals surface area contributed by atoms with Gasteiger partial charge in [-0.05, 0) is 13.3 Å². The molecule has 0 radical (unpaired) electrons. The predicted molar refractivity (Wildman–Crippen MR) is 57.7 cm³/mol. The summed E-state index contributed by atoms with van der Waals surface area (Å²) in [5, 5.41) is 13.8. The number of hydrogen-bond donors (Lipinski definition) is 3. The van der Waals surface area contributed by atoms with Crippen LogP contribution in [0.2, 0.25) is 0 Å². The zero-order valence-electron chi connectivity index (χ0n) is 9.54. The zero-order valence-corrected chi connectivity index (χ0v) is 9.54. The van der Waals surface area contributed by atoms with Crippen LogP contribution in [-0.2, 0) is 4.79 Å². The molecular weight excluding hydrogens is 196 g/mol. The van der Waals surface area contributed by atoms with E-state index in [1.807, 2.05) is 13.8 Å². The van der Waals surface area contributed by atoms with Crippen LogP contribution in [0.5, 0.6) is 0 Å². The van der Waals surface area contributed by atoms with Crippen LogP contribution in [0.25, 0.3) is 0 Å². The van der Waals surface area contributed by atoms with Crippen LogP contribution < -0.4 is 10.6 Å². The molecule has 5 heteroatoms. The van der Waals surface area contributed by atoms with Gasteiger partial charge >= 0.3 is 12.0 Å². The zero-order chi connectivity index (χ0) is 11.8. The normalized spacial score (nSPS) is 14.1. The van der Waals surface area contributed by atoms with Crippen molar-refractivity contribution >= 4 is 12.0 Å². The molecule has 0 fully saturated rings. The maximum atomic E-state index is 11.2. The fraction of sp³-hybridized carbons (Fsp3) is 0.800. The summed E-state index contributed by atoms with van der Waals surface area (Å²) in [5.74, 6) is -1.46. The maximum absolute atomic E-state index is 11.2. The number of carboxylic acids is 1. The summed E-state index contributed by atoms with van der Waals surface area (Å²) >= 11 is 0. The Morgan fingerprint density at radius 1 is 1.33 bits per heavy atom. The van der Waals surface area contributed by atoms with Gasteiger partial charge in [-0.25, -0.2) is 4.79 Å². The van der Waals surface area contributed by atoms with Crippen LogP contribution in [0.15, 0.2) is 0 Å². The molecule has 5 nitrogen and oxygen atoms in total. The van der Waals surface area contributed by atoms with Gasteiger partial charge in [-0.15, -0.1) is 0 Å². The molecule has 2 amide bonds. The molecule has 2 unspecified atom stereocenters. The van der Waals surface area contributed by atoms with Gasteiger partial charge in [-0.1, -0.05) is 20.3 Å². The summed E-state index contributed by atoms with van der Waals surface area (Å²) in [6.07, 6.45) is 1.93. The Morgan fingerprint density at radius 3 is 2.40 bits per heavy atom. The van der Waals surface area contributed by atoms with E-state index in [0.717, 1.165) is 12.8 Å². The van der Waals surface area contributed by atoms with Gasteiger partial charge in [-0.2, -0.15) is 0 Å². The van der Waals surface area contributed by atoms with Gasteiger partial charge in [0.1, 0.15) is 0 Å². The van der Waals surface area contributed by atoms with E-state index in [1.165, 1.54) is 0 Å². The highest BCUT2D eigenvalue weighted by Crippen LogP contribution is 1.95. The van der Waals surface area contributed by atoms with Crippen molar-refractivity contribution in [2.45, 2.75) is 39.7 Å². The molecule has 0 heterocycles. The SMILES string of the molecule is CCCC(C)NC(=O)NCC(C)C(=O)O. The van der Waals surface area contributed by atoms with Crippen LogP contribution in [0.1, 0.15) is 33.6 Å². The largest absolute Gasteiger partial charge is 0.481 e. The van der Waals surface area contributed by atoms with E-state index in [2.05, 4.69) is 10.6 Å². The molecule has 0 saturated carbocycles. The van der Waals surface area contributed by atoms with Gasteiger partial charge in [0.05, 0.1) is 5.92 Å². The van der Waals surface area contributed by atoms with Crippen molar-refractivity contribution in [1.29, 1.82) is 0 Å². The molecule has 0 bridgehead atoms. The number of aliphatic carboxylic acids is 1. The number of carbonyl (C=O) groups is 2. The molecule has 88 valence electrons. The summed E-state index contributed by atoms with van der Waals surface area (Å²) in [6.45, 7) is 5.67. The minimum absolute atomic E-state index is 0.120. The topological polar surface area (TPSA) is 78.4 Å². The number of carbonyl (C=O) groups excluding carboxylic acids is 1. The van der Waals surface area contributed by atoms with Crippen molar-refractivity contribution < 1.29 is 14.7 Å². The molecule has 0 aliphatic carbocycles. The Kier molecular flexibility index (Phi) is 6.49. The van der Waals surface area contributed by atoms with E-state index in [0.29, 0.717) is 0 Å². The van der Waals surface area contributed by atoms with Gasteiger partial charge in [0.2, 0.25) is 0 Å². The van der Waals surface area contributed by atoms with Crippen LogP contribution in [0.3, 0.4) is 0 Å². The number of nitrogens with one attached hydrogen (secondary N) is 2. The lowest BCUT2D eigenvalue weighted by Gasteiger charge is -2.14. The van der Waals surface area contributed by atoms with Crippen molar-refractivity contribution in [3.05, 3.63) is 0 Å². The van der Waals surface area contributed by atoms with Gasteiger partial charge in [-0.3, -0.25) is 4.79 Å². The van der Waals surface area contributed by atoms with Gasteiger partial charge in [0.25, 0.3) is 0 Å². The van der Waals surface area contributed by atoms with Crippen molar-refractivity contribution in [2.24, 2.45) is 5.92 Å². The minimum atomic E-state index is -0.906. The molecule has 0 spiro atoms. The van der Waals surface area contributed by atoms with E-state index in [1.54, 1.807) is 6.92 Å². The Hall–Kier alpha value is -1.26. The summed E-state index contributed by atoms with van der Waals surface area (Å²) in [4.78, 5) is 21.7. The Bertz CT molecular complexity index is 219. The first-order valence-corrected chi connectivity index (χ1v) is 5.24. The molecule has 0 aliphatic rings. The first-order chi connectivity index (χ1) is 6.97. The lowest BCUT2D eigenvalue weighted by atomic mass is 10.2. The average Bonchev–Trinajstić information content (AvgIpc) is 2.14. The second-order valence-corrected chi connectivity index (χ2v) is 3.78. The first kappa shape index (κ1) is 13.7. The van der Waals surface area contributed by atoms with Crippen molar-refractivity contribution in [3.8, 4) is 0 Å². The van der Waals surface area contributed by atoms with E-state index < -0.39 is 11.9 Å². The molecular formula is C10H20N2O3.